The Hall–Kier alpha value is -2.57. The molecule has 2 heterocycles. The second-order valence-electron chi connectivity index (χ2n) is 7.56. The van der Waals surface area contributed by atoms with E-state index in [1.165, 1.54) is 6.42 Å². The van der Waals surface area contributed by atoms with Gasteiger partial charge in [0, 0.05) is 32.1 Å². The number of carbonyl (C=O) groups is 2. The lowest BCUT2D eigenvalue weighted by atomic mass is 9.88. The van der Waals surface area contributed by atoms with Crippen LogP contribution in [0.1, 0.15) is 37.7 Å². The van der Waals surface area contributed by atoms with E-state index in [0.717, 1.165) is 31.2 Å². The summed E-state index contributed by atoms with van der Waals surface area (Å²) in [5, 5.41) is 0. The molecule has 1 aliphatic heterocycles. The van der Waals surface area contributed by atoms with Crippen LogP contribution in [0, 0.1) is 5.92 Å². The first kappa shape index (κ1) is 17.8. The van der Waals surface area contributed by atoms with Crippen LogP contribution in [0.2, 0.25) is 0 Å². The molecule has 144 valence electrons. The molecule has 0 spiro atoms. The molecule has 7 heteroatoms. The van der Waals surface area contributed by atoms with Crippen molar-refractivity contribution in [3.8, 4) is 0 Å². The van der Waals surface area contributed by atoms with Gasteiger partial charge in [-0.3, -0.25) is 14.6 Å². The van der Waals surface area contributed by atoms with Gasteiger partial charge < -0.3 is 14.2 Å². The molecule has 2 fully saturated rings. The standard InChI is InChI=1S/C20H25N3O4/c24-18(13-14-6-7-17-16(12-14)21-20(26)27-17)22-8-10-23(11-9-22)19(25)15-4-2-1-3-5-15/h6-7,12,15H,1-5,8-11,13H2,(H,21,26). The first-order valence-electron chi connectivity index (χ1n) is 9.78. The summed E-state index contributed by atoms with van der Waals surface area (Å²) in [6, 6.07) is 5.29. The van der Waals surface area contributed by atoms with Crippen molar-refractivity contribution in [3.05, 3.63) is 34.3 Å². The maximum atomic E-state index is 12.6. The van der Waals surface area contributed by atoms with E-state index in [1.54, 1.807) is 18.2 Å². The maximum Gasteiger partial charge on any atom is 0.417 e. The van der Waals surface area contributed by atoms with Crippen LogP contribution in [0.3, 0.4) is 0 Å². The zero-order valence-corrected chi connectivity index (χ0v) is 15.4. The third-order valence-electron chi connectivity index (χ3n) is 5.74. The molecule has 2 aliphatic rings. The molecule has 2 amide bonds. The summed E-state index contributed by atoms with van der Waals surface area (Å²) in [5.41, 5.74) is 1.93. The number of H-pyrrole nitrogens is 1. The average molecular weight is 371 g/mol. The van der Waals surface area contributed by atoms with Gasteiger partial charge in [0.2, 0.25) is 11.8 Å². The molecule has 2 aromatic rings. The summed E-state index contributed by atoms with van der Waals surface area (Å²) in [7, 11) is 0. The van der Waals surface area contributed by atoms with Crippen molar-refractivity contribution in [2.24, 2.45) is 5.92 Å². The number of aromatic amines is 1. The van der Waals surface area contributed by atoms with E-state index in [4.69, 9.17) is 4.42 Å². The lowest BCUT2D eigenvalue weighted by molar-refractivity contribution is -0.142. The number of hydrogen-bond donors (Lipinski definition) is 1. The highest BCUT2D eigenvalue weighted by Gasteiger charge is 2.29. The highest BCUT2D eigenvalue weighted by molar-refractivity contribution is 5.82. The number of hydrogen-bond acceptors (Lipinski definition) is 4. The van der Waals surface area contributed by atoms with Crippen LogP contribution in [-0.2, 0) is 16.0 Å². The predicted molar refractivity (Wildman–Crippen MR) is 100 cm³/mol. The number of oxazole rings is 1. The van der Waals surface area contributed by atoms with E-state index in [1.807, 2.05) is 9.80 Å². The van der Waals surface area contributed by atoms with Crippen LogP contribution in [0.25, 0.3) is 11.1 Å². The zero-order valence-electron chi connectivity index (χ0n) is 15.4. The molecule has 0 bridgehead atoms. The van der Waals surface area contributed by atoms with Crippen LogP contribution >= 0.6 is 0 Å². The lowest BCUT2D eigenvalue weighted by Gasteiger charge is -2.37. The number of carbonyl (C=O) groups excluding carboxylic acids is 2. The minimum Gasteiger partial charge on any atom is -0.408 e. The Morgan fingerprint density at radius 2 is 1.74 bits per heavy atom. The summed E-state index contributed by atoms with van der Waals surface area (Å²) in [4.78, 5) is 42.9. The number of nitrogens with zero attached hydrogens (tertiary/aromatic N) is 2. The van der Waals surface area contributed by atoms with Gasteiger partial charge in [0.15, 0.2) is 5.58 Å². The van der Waals surface area contributed by atoms with Crippen molar-refractivity contribution in [2.75, 3.05) is 26.2 Å². The van der Waals surface area contributed by atoms with Crippen LogP contribution in [0.4, 0.5) is 0 Å². The van der Waals surface area contributed by atoms with Crippen molar-refractivity contribution in [1.29, 1.82) is 0 Å². The lowest BCUT2D eigenvalue weighted by Crippen LogP contribution is -2.52. The predicted octanol–water partition coefficient (Wildman–Crippen LogP) is 1.91. The number of rotatable bonds is 3. The number of nitrogens with one attached hydrogen (secondary N) is 1. The van der Waals surface area contributed by atoms with Gasteiger partial charge in [0.05, 0.1) is 11.9 Å². The first-order valence-corrected chi connectivity index (χ1v) is 9.78. The van der Waals surface area contributed by atoms with E-state index in [2.05, 4.69) is 4.98 Å². The summed E-state index contributed by atoms with van der Waals surface area (Å²) in [6.45, 7) is 2.41. The third-order valence-corrected chi connectivity index (χ3v) is 5.74. The number of amides is 2. The Kier molecular flexibility index (Phi) is 5.01. The maximum absolute atomic E-state index is 12.6. The zero-order chi connectivity index (χ0) is 18.8. The fourth-order valence-electron chi connectivity index (χ4n) is 4.18. The Morgan fingerprint density at radius 1 is 1.04 bits per heavy atom. The summed E-state index contributed by atoms with van der Waals surface area (Å²) < 4.78 is 4.98. The monoisotopic (exact) mass is 371 g/mol. The molecule has 1 aromatic carbocycles. The van der Waals surface area contributed by atoms with E-state index in [-0.39, 0.29) is 24.2 Å². The number of fused-ring (bicyclic) bond motifs is 1. The molecule has 1 aliphatic carbocycles. The minimum absolute atomic E-state index is 0.0463. The van der Waals surface area contributed by atoms with Gasteiger partial charge >= 0.3 is 5.76 Å². The summed E-state index contributed by atoms with van der Waals surface area (Å²) in [6.07, 6.45) is 5.85. The van der Waals surface area contributed by atoms with E-state index in [9.17, 15) is 14.4 Å². The van der Waals surface area contributed by atoms with Crippen LogP contribution < -0.4 is 5.76 Å². The van der Waals surface area contributed by atoms with Gasteiger partial charge in [-0.2, -0.15) is 0 Å². The Labute approximate surface area is 157 Å². The van der Waals surface area contributed by atoms with Gasteiger partial charge in [-0.05, 0) is 30.5 Å². The molecule has 7 nitrogen and oxygen atoms in total. The number of benzene rings is 1. The molecule has 0 radical (unpaired) electrons. The molecular weight excluding hydrogens is 346 g/mol. The van der Waals surface area contributed by atoms with Gasteiger partial charge in [0.1, 0.15) is 0 Å². The highest BCUT2D eigenvalue weighted by Crippen LogP contribution is 2.26. The van der Waals surface area contributed by atoms with Crippen molar-refractivity contribution >= 4 is 22.9 Å². The van der Waals surface area contributed by atoms with Gasteiger partial charge in [0.25, 0.3) is 0 Å². The fourth-order valence-corrected chi connectivity index (χ4v) is 4.18. The van der Waals surface area contributed by atoms with Crippen molar-refractivity contribution in [3.63, 3.8) is 0 Å². The third kappa shape index (κ3) is 3.91. The van der Waals surface area contributed by atoms with Gasteiger partial charge in [-0.15, -0.1) is 0 Å². The number of piperazine rings is 1. The smallest absolute Gasteiger partial charge is 0.408 e. The normalized spacial score (nSPS) is 18.8. The Morgan fingerprint density at radius 3 is 2.48 bits per heavy atom. The van der Waals surface area contributed by atoms with Crippen molar-refractivity contribution in [2.45, 2.75) is 38.5 Å². The second kappa shape index (κ2) is 7.58. The number of aromatic nitrogens is 1. The average Bonchev–Trinajstić information content (AvgIpc) is 3.07. The van der Waals surface area contributed by atoms with Crippen molar-refractivity contribution < 1.29 is 14.0 Å². The summed E-state index contributed by atoms with van der Waals surface area (Å²) in [5.74, 6) is 0.0122. The molecule has 1 N–H and O–H groups in total. The van der Waals surface area contributed by atoms with E-state index < -0.39 is 5.76 Å². The highest BCUT2D eigenvalue weighted by atomic mass is 16.4. The molecule has 4 rings (SSSR count). The molecule has 27 heavy (non-hydrogen) atoms. The molecular formula is C20H25N3O4. The topological polar surface area (TPSA) is 86.6 Å². The van der Waals surface area contributed by atoms with E-state index >= 15 is 0 Å². The summed E-state index contributed by atoms with van der Waals surface area (Å²) >= 11 is 0. The molecule has 1 saturated carbocycles. The molecule has 1 aromatic heterocycles. The van der Waals surface area contributed by atoms with Crippen LogP contribution in [0.15, 0.2) is 27.4 Å². The molecule has 1 saturated heterocycles. The molecule has 0 atom stereocenters. The van der Waals surface area contributed by atoms with Crippen molar-refractivity contribution in [1.82, 2.24) is 14.8 Å². The van der Waals surface area contributed by atoms with Crippen LogP contribution in [0.5, 0.6) is 0 Å². The van der Waals surface area contributed by atoms with E-state index in [0.29, 0.717) is 37.3 Å². The first-order chi connectivity index (χ1) is 13.1. The largest absolute Gasteiger partial charge is 0.417 e. The second-order valence-corrected chi connectivity index (χ2v) is 7.56. The molecule has 0 unspecified atom stereocenters. The van der Waals surface area contributed by atoms with Crippen LogP contribution in [-0.4, -0.2) is 52.8 Å². The fraction of sp³-hybridized carbons (Fsp3) is 0.550. The Balaban J connectivity index is 1.32. The Bertz CT molecular complexity index is 886. The van der Waals surface area contributed by atoms with Gasteiger partial charge in [-0.1, -0.05) is 25.3 Å². The van der Waals surface area contributed by atoms with Gasteiger partial charge in [-0.25, -0.2) is 4.79 Å². The quantitative estimate of drug-likeness (QED) is 0.893. The minimum atomic E-state index is -0.493. The SMILES string of the molecule is O=C(Cc1ccc2oc(=O)[nH]c2c1)N1CCN(C(=O)C2CCCCC2)CC1.